The molecule has 0 spiro atoms. The number of aryl methyl sites for hydroxylation is 2. The van der Waals surface area contributed by atoms with Gasteiger partial charge in [0.05, 0.1) is 25.3 Å². The number of unbranched alkanes of at least 4 members (excludes halogenated alkanes) is 1. The van der Waals surface area contributed by atoms with Gasteiger partial charge in [0, 0.05) is 30.6 Å². The van der Waals surface area contributed by atoms with E-state index < -0.39 is 11.9 Å². The van der Waals surface area contributed by atoms with Gasteiger partial charge >= 0.3 is 11.9 Å². The molecular formula is C30H42N6O6. The number of hydrogen-bond acceptors (Lipinski definition) is 10. The molecule has 0 aliphatic carbocycles. The van der Waals surface area contributed by atoms with Crippen molar-refractivity contribution in [1.82, 2.24) is 19.9 Å². The molecule has 1 aliphatic heterocycles. The van der Waals surface area contributed by atoms with Crippen molar-refractivity contribution in [1.29, 1.82) is 0 Å². The molecule has 0 atom stereocenters. The Balaban J connectivity index is 0.000000363. The number of nitrogens with one attached hydrogen (secondary N) is 1. The van der Waals surface area contributed by atoms with Crippen molar-refractivity contribution >= 4 is 34.5 Å². The molecule has 4 rings (SSSR count). The zero-order chi connectivity index (χ0) is 30.0. The molecule has 228 valence electrons. The van der Waals surface area contributed by atoms with Crippen LogP contribution in [0.5, 0.6) is 0 Å². The molecule has 0 radical (unpaired) electrons. The van der Waals surface area contributed by atoms with Crippen molar-refractivity contribution in [2.75, 3.05) is 63.7 Å². The van der Waals surface area contributed by atoms with E-state index in [0.29, 0.717) is 38.5 Å². The maximum Gasteiger partial charge on any atom is 0.329 e. The number of aromatic nitrogens is 3. The molecule has 0 saturated heterocycles. The fourth-order valence-corrected chi connectivity index (χ4v) is 4.54. The van der Waals surface area contributed by atoms with Crippen LogP contribution in [0.1, 0.15) is 43.4 Å². The summed E-state index contributed by atoms with van der Waals surface area (Å²) < 4.78 is 10.4. The second-order valence-corrected chi connectivity index (χ2v) is 9.97. The Morgan fingerprint density at radius 2 is 1.74 bits per heavy atom. The predicted octanol–water partition coefficient (Wildman–Crippen LogP) is 3.26. The minimum Gasteiger partial charge on any atom is -0.481 e. The number of benzene rings is 1. The van der Waals surface area contributed by atoms with E-state index >= 15 is 0 Å². The van der Waals surface area contributed by atoms with Crippen LogP contribution < -0.4 is 11.1 Å². The van der Waals surface area contributed by atoms with E-state index in [0.717, 1.165) is 67.6 Å². The molecular weight excluding hydrogens is 540 g/mol. The third-order valence-corrected chi connectivity index (χ3v) is 6.70. The van der Waals surface area contributed by atoms with Gasteiger partial charge in [-0.3, -0.25) is 4.79 Å². The van der Waals surface area contributed by atoms with E-state index in [1.54, 1.807) is 0 Å². The summed E-state index contributed by atoms with van der Waals surface area (Å²) in [6.45, 7) is 4.06. The second-order valence-electron chi connectivity index (χ2n) is 9.97. The number of nitrogens with zero attached hydrogens (tertiary/aromatic N) is 4. The summed E-state index contributed by atoms with van der Waals surface area (Å²) in [5.74, 6) is -0.204. The van der Waals surface area contributed by atoms with Gasteiger partial charge in [-0.05, 0) is 75.4 Å². The maximum atomic E-state index is 10.8. The lowest BCUT2D eigenvalue weighted by atomic mass is 10.1. The first-order valence-corrected chi connectivity index (χ1v) is 14.4. The van der Waals surface area contributed by atoms with Crippen molar-refractivity contribution in [3.8, 4) is 0 Å². The first-order chi connectivity index (χ1) is 20.4. The molecule has 1 aliphatic rings. The summed E-state index contributed by atoms with van der Waals surface area (Å²) in [7, 11) is 0. The highest BCUT2D eigenvalue weighted by atomic mass is 16.5. The van der Waals surface area contributed by atoms with Crippen LogP contribution in [0.2, 0.25) is 0 Å². The second kappa shape index (κ2) is 18.5. The van der Waals surface area contributed by atoms with Gasteiger partial charge < -0.3 is 35.6 Å². The molecule has 0 unspecified atom stereocenters. The minimum atomic E-state index is -0.994. The zero-order valence-electron chi connectivity index (χ0n) is 24.0. The van der Waals surface area contributed by atoms with Crippen molar-refractivity contribution in [3.05, 3.63) is 54.0 Å². The monoisotopic (exact) mass is 582 g/mol. The Morgan fingerprint density at radius 1 is 0.929 bits per heavy atom. The highest BCUT2D eigenvalue weighted by Gasteiger charge is 2.11. The largest absolute Gasteiger partial charge is 0.481 e. The number of pyridine rings is 1. The highest BCUT2D eigenvalue weighted by Crippen LogP contribution is 2.20. The lowest BCUT2D eigenvalue weighted by Crippen LogP contribution is -2.30. The van der Waals surface area contributed by atoms with E-state index in [9.17, 15) is 9.59 Å². The van der Waals surface area contributed by atoms with Gasteiger partial charge in [-0.2, -0.15) is 0 Å². The molecule has 1 aromatic carbocycles. The Labute approximate surface area is 246 Å². The molecule has 0 fully saturated rings. The number of nitrogen functional groups attached to an aromatic ring is 1. The van der Waals surface area contributed by atoms with Crippen molar-refractivity contribution in [2.24, 2.45) is 0 Å². The number of fused-ring (bicyclic) bond motifs is 2. The van der Waals surface area contributed by atoms with E-state index in [1.165, 1.54) is 11.9 Å². The lowest BCUT2D eigenvalue weighted by Gasteiger charge is -2.22. The van der Waals surface area contributed by atoms with Gasteiger partial charge in [0.2, 0.25) is 0 Å². The van der Waals surface area contributed by atoms with Crippen LogP contribution in [0.4, 0.5) is 11.6 Å². The topological polar surface area (TPSA) is 173 Å². The molecule has 0 amide bonds. The Kier molecular flexibility index (Phi) is 14.4. The molecule has 42 heavy (non-hydrogen) atoms. The molecule has 0 saturated carbocycles. The normalized spacial score (nSPS) is 12.3. The highest BCUT2D eigenvalue weighted by molar-refractivity contribution is 5.87. The SMILES string of the molecule is Nc1ncnc2ccccc12.O=C(O)CCCN(CCCCc1ccc2c(n1)NCCC2)CCOCCOCC(=O)O. The van der Waals surface area contributed by atoms with E-state index in [4.69, 9.17) is 30.4 Å². The number of aliphatic carboxylic acids is 2. The summed E-state index contributed by atoms with van der Waals surface area (Å²) in [4.78, 5) is 36.1. The predicted molar refractivity (Wildman–Crippen MR) is 161 cm³/mol. The fourth-order valence-electron chi connectivity index (χ4n) is 4.54. The number of hydrogen-bond donors (Lipinski definition) is 4. The Morgan fingerprint density at radius 3 is 2.55 bits per heavy atom. The summed E-state index contributed by atoms with van der Waals surface area (Å²) in [6, 6.07) is 12.0. The average molecular weight is 583 g/mol. The Bertz CT molecular complexity index is 1250. The number of carboxylic acids is 2. The lowest BCUT2D eigenvalue weighted by molar-refractivity contribution is -0.142. The standard InChI is InChI=1S/C22H35N3O6.C8H7N3/c26-20(27)7-4-12-25(13-14-30-15-16-31-17-21(28)29)11-2-1-6-19-9-8-18-5-3-10-23-22(18)24-19;9-8-6-3-1-2-4-7(6)10-5-11-8/h8-9H,1-7,10-17H2,(H,23,24)(H,26,27)(H,28,29);1-5H,(H2,9,10,11). The number of anilines is 2. The average Bonchev–Trinajstić information content (AvgIpc) is 2.98. The van der Waals surface area contributed by atoms with Gasteiger partial charge in [-0.25, -0.2) is 19.7 Å². The molecule has 5 N–H and O–H groups in total. The molecule has 12 nitrogen and oxygen atoms in total. The number of para-hydroxylation sites is 1. The third-order valence-electron chi connectivity index (χ3n) is 6.70. The van der Waals surface area contributed by atoms with E-state index in [2.05, 4.69) is 32.3 Å². The number of nitrogens with two attached hydrogens (primary N) is 1. The van der Waals surface area contributed by atoms with Gasteiger partial charge in [0.25, 0.3) is 0 Å². The van der Waals surface area contributed by atoms with Crippen LogP contribution in [0.25, 0.3) is 10.9 Å². The van der Waals surface area contributed by atoms with Gasteiger partial charge in [-0.15, -0.1) is 0 Å². The van der Waals surface area contributed by atoms with E-state index in [-0.39, 0.29) is 19.6 Å². The number of ether oxygens (including phenoxy) is 2. The van der Waals surface area contributed by atoms with Crippen LogP contribution in [0.15, 0.2) is 42.7 Å². The van der Waals surface area contributed by atoms with Crippen LogP contribution >= 0.6 is 0 Å². The summed E-state index contributed by atoms with van der Waals surface area (Å²) >= 11 is 0. The van der Waals surface area contributed by atoms with E-state index in [1.807, 2.05) is 24.3 Å². The van der Waals surface area contributed by atoms with Crippen molar-refractivity contribution in [2.45, 2.75) is 44.9 Å². The number of carbonyl (C=O) groups is 2. The van der Waals surface area contributed by atoms with Crippen LogP contribution in [-0.2, 0) is 31.9 Å². The Hall–Kier alpha value is -3.87. The van der Waals surface area contributed by atoms with Crippen LogP contribution in [0, 0.1) is 0 Å². The molecule has 2 aromatic heterocycles. The van der Waals surface area contributed by atoms with Gasteiger partial charge in [0.15, 0.2) is 0 Å². The van der Waals surface area contributed by atoms with Crippen molar-refractivity contribution < 1.29 is 29.3 Å². The smallest absolute Gasteiger partial charge is 0.329 e. The fraction of sp³-hybridized carbons (Fsp3) is 0.500. The third kappa shape index (κ3) is 12.3. The molecule has 0 bridgehead atoms. The molecule has 3 aromatic rings. The summed E-state index contributed by atoms with van der Waals surface area (Å²) in [6.07, 6.45) is 7.43. The number of carboxylic acid groups (broad SMARTS) is 2. The van der Waals surface area contributed by atoms with Crippen LogP contribution in [0.3, 0.4) is 0 Å². The first kappa shape index (κ1) is 32.6. The molecule has 12 heteroatoms. The van der Waals surface area contributed by atoms with Gasteiger partial charge in [0.1, 0.15) is 24.6 Å². The summed E-state index contributed by atoms with van der Waals surface area (Å²) in [5, 5.41) is 21.7. The quantitative estimate of drug-likeness (QED) is 0.171. The summed E-state index contributed by atoms with van der Waals surface area (Å²) in [5.41, 5.74) is 8.90. The molecule has 3 heterocycles. The van der Waals surface area contributed by atoms with Crippen molar-refractivity contribution in [3.63, 3.8) is 0 Å². The maximum absolute atomic E-state index is 10.8. The zero-order valence-corrected chi connectivity index (χ0v) is 24.0. The van der Waals surface area contributed by atoms with Gasteiger partial charge in [-0.1, -0.05) is 18.2 Å². The number of rotatable bonds is 17. The minimum absolute atomic E-state index is 0.159. The van der Waals surface area contributed by atoms with Crippen LogP contribution in [-0.4, -0.2) is 94.6 Å². The first-order valence-electron chi connectivity index (χ1n) is 14.4.